The van der Waals surface area contributed by atoms with Gasteiger partial charge >= 0.3 is 0 Å². The van der Waals surface area contributed by atoms with E-state index in [1.807, 2.05) is 30.3 Å². The number of ether oxygens (including phenoxy) is 3. The maximum Gasteiger partial charge on any atom is 0.262 e. The lowest BCUT2D eigenvalue weighted by atomic mass is 10.1. The van der Waals surface area contributed by atoms with E-state index in [4.69, 9.17) is 25.8 Å². The summed E-state index contributed by atoms with van der Waals surface area (Å²) in [5, 5.41) is 7.18. The van der Waals surface area contributed by atoms with Gasteiger partial charge in [-0.05, 0) is 72.1 Å². The van der Waals surface area contributed by atoms with E-state index in [-0.39, 0.29) is 29.7 Å². The molecule has 0 heterocycles. The summed E-state index contributed by atoms with van der Waals surface area (Å²) in [6.07, 6.45) is 1.80. The molecule has 0 fully saturated rings. The van der Waals surface area contributed by atoms with Crippen molar-refractivity contribution in [3.05, 3.63) is 113 Å². The summed E-state index contributed by atoms with van der Waals surface area (Å²) in [7, 11) is -1.23. The van der Waals surface area contributed by atoms with E-state index in [2.05, 4.69) is 15.8 Å². The average molecular weight is 665 g/mol. The molecule has 13 heteroatoms. The number of hydrogen-bond acceptors (Lipinski definition) is 8. The van der Waals surface area contributed by atoms with Gasteiger partial charge in [-0.15, -0.1) is 0 Å². The zero-order chi connectivity index (χ0) is 32.9. The highest BCUT2D eigenvalue weighted by Crippen LogP contribution is 2.30. The number of sulfonamides is 1. The molecule has 2 N–H and O–H groups in total. The Kier molecular flexibility index (Phi) is 12.1. The van der Waals surface area contributed by atoms with E-state index in [0.717, 1.165) is 9.87 Å². The van der Waals surface area contributed by atoms with Crippen molar-refractivity contribution >= 4 is 45.3 Å². The second-order valence-corrected chi connectivity index (χ2v) is 12.2. The Hall–Kier alpha value is -4.91. The number of anilines is 1. The molecular weight excluding hydrogens is 632 g/mol. The van der Waals surface area contributed by atoms with Crippen LogP contribution in [-0.2, 0) is 26.0 Å². The standard InChI is InChI=1S/C33H33ClN4O7S/c1-43-30-16-15-29(20-31(30)44-2)46(41,42)38(18-17-24-7-4-3-5-8-24)22-32(39)37-35-21-25-11-13-28(14-12-25)45-23-33(40)36-27-10-6-9-26(34)19-27/h3-16,19-21H,17-18,22-23H2,1-2H3,(H,36,40)(H,37,39)/b35-21+. The predicted molar refractivity (Wildman–Crippen MR) is 176 cm³/mol. The van der Waals surface area contributed by atoms with Crippen LogP contribution < -0.4 is 25.0 Å². The molecule has 0 bridgehead atoms. The lowest BCUT2D eigenvalue weighted by Gasteiger charge is -2.22. The van der Waals surface area contributed by atoms with Gasteiger partial charge in [0, 0.05) is 23.3 Å². The Bertz CT molecular complexity index is 1770. The monoisotopic (exact) mass is 664 g/mol. The van der Waals surface area contributed by atoms with E-state index in [9.17, 15) is 18.0 Å². The molecule has 0 saturated heterocycles. The van der Waals surface area contributed by atoms with Crippen LogP contribution in [-0.4, -0.2) is 64.7 Å². The third-order valence-corrected chi connectivity index (χ3v) is 8.64. The molecule has 0 aliphatic heterocycles. The number of hydrazone groups is 1. The Morgan fingerprint density at radius 1 is 0.870 bits per heavy atom. The Morgan fingerprint density at radius 3 is 2.30 bits per heavy atom. The number of amides is 2. The number of halogens is 1. The normalized spacial score (nSPS) is 11.3. The minimum Gasteiger partial charge on any atom is -0.493 e. The lowest BCUT2D eigenvalue weighted by molar-refractivity contribution is -0.121. The summed E-state index contributed by atoms with van der Waals surface area (Å²) in [4.78, 5) is 25.0. The Morgan fingerprint density at radius 2 is 1.61 bits per heavy atom. The molecule has 46 heavy (non-hydrogen) atoms. The first kappa shape index (κ1) is 34.0. The number of carbonyl (C=O) groups excluding carboxylic acids is 2. The molecule has 4 rings (SSSR count). The summed E-state index contributed by atoms with van der Waals surface area (Å²) in [6.45, 7) is -0.621. The molecule has 240 valence electrons. The lowest BCUT2D eigenvalue weighted by Crippen LogP contribution is -2.40. The molecule has 0 saturated carbocycles. The fraction of sp³-hybridized carbons (Fsp3) is 0.182. The summed E-state index contributed by atoms with van der Waals surface area (Å²) in [5.74, 6) is 0.110. The third kappa shape index (κ3) is 9.80. The van der Waals surface area contributed by atoms with Crippen molar-refractivity contribution in [1.29, 1.82) is 0 Å². The number of hydrogen-bond donors (Lipinski definition) is 2. The van der Waals surface area contributed by atoms with Crippen LogP contribution in [0.4, 0.5) is 5.69 Å². The zero-order valence-electron chi connectivity index (χ0n) is 25.2. The van der Waals surface area contributed by atoms with Crippen LogP contribution in [0.1, 0.15) is 11.1 Å². The smallest absolute Gasteiger partial charge is 0.262 e. The first-order chi connectivity index (χ1) is 22.2. The molecule has 0 unspecified atom stereocenters. The van der Waals surface area contributed by atoms with Crippen molar-refractivity contribution in [3.8, 4) is 17.2 Å². The number of nitrogens with zero attached hydrogens (tertiary/aromatic N) is 2. The highest BCUT2D eigenvalue weighted by atomic mass is 35.5. The molecular formula is C33H33ClN4O7S. The van der Waals surface area contributed by atoms with Gasteiger partial charge in [-0.3, -0.25) is 9.59 Å². The van der Waals surface area contributed by atoms with Gasteiger partial charge in [-0.2, -0.15) is 9.41 Å². The van der Waals surface area contributed by atoms with Gasteiger partial charge in [-0.25, -0.2) is 13.8 Å². The van der Waals surface area contributed by atoms with E-state index < -0.39 is 22.5 Å². The summed E-state index contributed by atoms with van der Waals surface area (Å²) >= 11 is 5.93. The number of nitrogens with one attached hydrogen (secondary N) is 2. The number of methoxy groups -OCH3 is 2. The fourth-order valence-electron chi connectivity index (χ4n) is 4.25. The Labute approximate surface area is 272 Å². The van der Waals surface area contributed by atoms with Gasteiger partial charge in [0.15, 0.2) is 18.1 Å². The zero-order valence-corrected chi connectivity index (χ0v) is 26.8. The van der Waals surface area contributed by atoms with Gasteiger partial charge < -0.3 is 19.5 Å². The van der Waals surface area contributed by atoms with Crippen LogP contribution in [0.25, 0.3) is 0 Å². The minimum absolute atomic E-state index is 0.0428. The van der Waals surface area contributed by atoms with Gasteiger partial charge in [0.1, 0.15) is 5.75 Å². The van der Waals surface area contributed by atoms with Gasteiger partial charge in [-0.1, -0.05) is 48.0 Å². The van der Waals surface area contributed by atoms with E-state index in [0.29, 0.717) is 34.2 Å². The van der Waals surface area contributed by atoms with Gasteiger partial charge in [0.05, 0.1) is 31.9 Å². The van der Waals surface area contributed by atoms with Crippen molar-refractivity contribution in [3.63, 3.8) is 0 Å². The van der Waals surface area contributed by atoms with Gasteiger partial charge in [0.25, 0.3) is 11.8 Å². The van der Waals surface area contributed by atoms with Crippen LogP contribution >= 0.6 is 11.6 Å². The highest BCUT2D eigenvalue weighted by Gasteiger charge is 2.27. The molecule has 0 spiro atoms. The van der Waals surface area contributed by atoms with Crippen LogP contribution in [0.15, 0.2) is 107 Å². The van der Waals surface area contributed by atoms with Crippen LogP contribution in [0.2, 0.25) is 5.02 Å². The maximum atomic E-state index is 13.7. The SMILES string of the molecule is COc1ccc(S(=O)(=O)N(CCc2ccccc2)CC(=O)N/N=C/c2ccc(OCC(=O)Nc3cccc(Cl)c3)cc2)cc1OC. The number of carbonyl (C=O) groups is 2. The molecule has 2 amide bonds. The fourth-order valence-corrected chi connectivity index (χ4v) is 5.85. The molecule has 0 atom stereocenters. The quantitative estimate of drug-likeness (QED) is 0.138. The first-order valence-electron chi connectivity index (χ1n) is 14.0. The first-order valence-corrected chi connectivity index (χ1v) is 15.9. The number of benzene rings is 4. The summed E-state index contributed by atoms with van der Waals surface area (Å²) in [6, 6.07) is 27.1. The van der Waals surface area contributed by atoms with E-state index in [1.54, 1.807) is 48.5 Å². The van der Waals surface area contributed by atoms with Crippen LogP contribution in [0, 0.1) is 0 Å². The topological polar surface area (TPSA) is 136 Å². The molecule has 0 aliphatic rings. The van der Waals surface area contributed by atoms with Crippen molar-refractivity contribution < 1.29 is 32.2 Å². The van der Waals surface area contributed by atoms with Crippen molar-refractivity contribution in [2.45, 2.75) is 11.3 Å². The van der Waals surface area contributed by atoms with E-state index in [1.165, 1.54) is 38.6 Å². The Balaban J connectivity index is 1.36. The van der Waals surface area contributed by atoms with E-state index >= 15 is 0 Å². The van der Waals surface area contributed by atoms with Crippen molar-refractivity contribution in [2.24, 2.45) is 5.10 Å². The predicted octanol–water partition coefficient (Wildman–Crippen LogP) is 4.76. The second kappa shape index (κ2) is 16.4. The summed E-state index contributed by atoms with van der Waals surface area (Å²) < 4.78 is 44.4. The third-order valence-electron chi connectivity index (χ3n) is 6.57. The van der Waals surface area contributed by atoms with Crippen LogP contribution in [0.3, 0.4) is 0 Å². The van der Waals surface area contributed by atoms with Gasteiger partial charge in [0.2, 0.25) is 10.0 Å². The number of rotatable bonds is 15. The molecule has 4 aromatic rings. The molecule has 0 aliphatic carbocycles. The largest absolute Gasteiger partial charge is 0.493 e. The average Bonchev–Trinajstić information content (AvgIpc) is 3.06. The van der Waals surface area contributed by atoms with Crippen LogP contribution in [0.5, 0.6) is 17.2 Å². The molecule has 0 radical (unpaired) electrons. The second-order valence-electron chi connectivity index (χ2n) is 9.80. The summed E-state index contributed by atoms with van der Waals surface area (Å²) in [5.41, 5.74) is 4.51. The molecule has 0 aromatic heterocycles. The highest BCUT2D eigenvalue weighted by molar-refractivity contribution is 7.89. The molecule has 11 nitrogen and oxygen atoms in total. The molecule has 4 aromatic carbocycles. The maximum absolute atomic E-state index is 13.7. The van der Waals surface area contributed by atoms with Crippen molar-refractivity contribution in [2.75, 3.05) is 39.2 Å². The van der Waals surface area contributed by atoms with Crippen molar-refractivity contribution in [1.82, 2.24) is 9.73 Å². The minimum atomic E-state index is -4.10.